The van der Waals surface area contributed by atoms with Gasteiger partial charge in [-0.2, -0.15) is 0 Å². The first-order valence-corrected chi connectivity index (χ1v) is 17.6. The lowest BCUT2D eigenvalue weighted by molar-refractivity contribution is -0.180. The average Bonchev–Trinajstić information content (AvgIpc) is 3.64. The number of ketones is 1. The van der Waals surface area contributed by atoms with Gasteiger partial charge in [0, 0.05) is 50.0 Å². The van der Waals surface area contributed by atoms with E-state index in [4.69, 9.17) is 27.8 Å². The largest absolute Gasteiger partial charge is 0.455 e. The number of benzene rings is 1. The highest BCUT2D eigenvalue weighted by Gasteiger charge is 2.60. The molecule has 1 aromatic heterocycles. The van der Waals surface area contributed by atoms with Crippen LogP contribution in [-0.4, -0.2) is 113 Å². The monoisotopic (exact) mass is 696 g/mol. The number of methoxy groups -OCH3 is 1. The van der Waals surface area contributed by atoms with Crippen molar-refractivity contribution < 1.29 is 33.0 Å². The molecule has 2 fully saturated rings. The topological polar surface area (TPSA) is 142 Å². The predicted octanol–water partition coefficient (Wildman–Crippen LogP) is 4.86. The Hall–Kier alpha value is -3.52. The number of carbonyl (C=O) groups is 3. The number of alkyl halides is 1. The number of anilines is 1. The molecule has 2 N–H and O–H groups in total. The molecule has 50 heavy (non-hydrogen) atoms. The summed E-state index contributed by atoms with van der Waals surface area (Å²) >= 11 is 0. The van der Waals surface area contributed by atoms with Crippen LogP contribution in [-0.2, 0) is 30.3 Å². The van der Waals surface area contributed by atoms with Gasteiger partial charge in [-0.05, 0) is 84.3 Å². The van der Waals surface area contributed by atoms with Crippen LogP contribution in [0.25, 0.3) is 11.3 Å². The van der Waals surface area contributed by atoms with Gasteiger partial charge in [0.15, 0.2) is 11.4 Å². The lowest BCUT2D eigenvalue weighted by Gasteiger charge is -2.44. The van der Waals surface area contributed by atoms with Crippen molar-refractivity contribution in [3.63, 3.8) is 0 Å². The number of esters is 1. The van der Waals surface area contributed by atoms with E-state index in [1.165, 1.54) is 14.0 Å². The van der Waals surface area contributed by atoms with Crippen LogP contribution in [0.3, 0.4) is 0 Å². The molecule has 12 nitrogen and oxygen atoms in total. The molecule has 2 aromatic rings. The van der Waals surface area contributed by atoms with E-state index in [0.29, 0.717) is 50.3 Å². The second kappa shape index (κ2) is 15.4. The highest BCUT2D eigenvalue weighted by Crippen LogP contribution is 2.42. The molecule has 1 aromatic carbocycles. The Morgan fingerprint density at radius 3 is 2.44 bits per heavy atom. The van der Waals surface area contributed by atoms with E-state index in [2.05, 4.69) is 22.1 Å². The summed E-state index contributed by atoms with van der Waals surface area (Å²) < 4.78 is 35.8. The van der Waals surface area contributed by atoms with Gasteiger partial charge in [0.2, 0.25) is 0 Å². The molecule has 0 spiro atoms. The number of rotatable bonds is 8. The minimum absolute atomic E-state index is 0.0279. The second-order valence-corrected chi connectivity index (χ2v) is 14.9. The summed E-state index contributed by atoms with van der Waals surface area (Å²) in [7, 11) is 10.1. The van der Waals surface area contributed by atoms with Gasteiger partial charge in [0.25, 0.3) is 5.67 Å². The standard InChI is InChI=1S/C36H54BFN6O6/c1-10-28-36(7)30(44(33(47)50-36)17-12-11-16-43-21-27(40-41-43)25-14-13-15-26(39)18-25)24(4)42(8)20-22(2)19-34(5,48-9)29(37)23(3)31(45)35(6,38)32(46)49-28/h13-15,18,21-24,28-30H,10-12,16-17,19-20,39H2,1-9H3/t22-,23-,24-,28-,29-,30-,34-,35+,36-/m1/s1. The molecule has 2 aliphatic heterocycles. The van der Waals surface area contributed by atoms with Gasteiger partial charge in [0.1, 0.15) is 11.8 Å². The van der Waals surface area contributed by atoms with Crippen LogP contribution in [0, 0.1) is 11.8 Å². The van der Waals surface area contributed by atoms with Crippen molar-refractivity contribution in [3.05, 3.63) is 30.5 Å². The van der Waals surface area contributed by atoms with E-state index in [-0.39, 0.29) is 18.4 Å². The maximum absolute atomic E-state index is 16.2. The maximum Gasteiger partial charge on any atom is 0.410 e. The Kier molecular flexibility index (Phi) is 12.1. The van der Waals surface area contributed by atoms with Gasteiger partial charge in [0.05, 0.1) is 25.7 Å². The highest BCUT2D eigenvalue weighted by atomic mass is 19.1. The molecule has 0 bridgehead atoms. The number of nitrogen functional groups attached to an aromatic ring is 1. The molecule has 14 heteroatoms. The summed E-state index contributed by atoms with van der Waals surface area (Å²) in [5.41, 5.74) is 2.83. The number of unbranched alkanes of at least 4 members (excludes halogenated alkanes) is 1. The van der Waals surface area contributed by atoms with Gasteiger partial charge < -0.3 is 24.8 Å². The van der Waals surface area contributed by atoms with Gasteiger partial charge >= 0.3 is 12.1 Å². The summed E-state index contributed by atoms with van der Waals surface area (Å²) in [6.45, 7) is 13.3. The number of hydrogen-bond donors (Lipinski definition) is 1. The number of nitrogens with two attached hydrogens (primary N) is 1. The van der Waals surface area contributed by atoms with Crippen molar-refractivity contribution in [2.45, 2.75) is 122 Å². The SMILES string of the molecule is [B][C@@H]1[C@@H](C)C(=O)[C@](C)(F)C(=O)O[C@H](CC)[C@@]2(C)OC(=O)N(CCCCn3cc(-c4cccc(N)c4)nn3)[C@@H]2[C@@H](C)N(C)C[C@H](C)C[C@@]1(C)OC. The Morgan fingerprint density at radius 2 is 1.80 bits per heavy atom. The van der Waals surface area contributed by atoms with Crippen molar-refractivity contribution in [2.24, 2.45) is 11.8 Å². The number of nitrogens with zero attached hydrogens (tertiary/aromatic N) is 5. The van der Waals surface area contributed by atoms with Crippen molar-refractivity contribution in [2.75, 3.05) is 33.0 Å². The fraction of sp³-hybridized carbons (Fsp3) is 0.694. The number of aromatic nitrogens is 3. The van der Waals surface area contributed by atoms with Crippen molar-refractivity contribution >= 4 is 31.4 Å². The number of likely N-dealkylation sites (N-methyl/N-ethyl adjacent to an activating group) is 1. The zero-order valence-corrected chi connectivity index (χ0v) is 31.0. The van der Waals surface area contributed by atoms with Crippen LogP contribution in [0.1, 0.15) is 74.1 Å². The number of ether oxygens (including phenoxy) is 3. The molecule has 2 aliphatic rings. The second-order valence-electron chi connectivity index (χ2n) is 14.9. The number of fused-ring (bicyclic) bond motifs is 1. The smallest absolute Gasteiger partial charge is 0.410 e. The molecule has 4 rings (SSSR count). The molecule has 0 unspecified atom stereocenters. The molecule has 9 atom stereocenters. The minimum Gasteiger partial charge on any atom is -0.455 e. The van der Waals surface area contributed by atoms with Crippen LogP contribution in [0.2, 0.25) is 5.82 Å². The minimum atomic E-state index is -2.99. The molecular weight excluding hydrogens is 642 g/mol. The van der Waals surface area contributed by atoms with E-state index in [0.717, 1.165) is 12.5 Å². The molecule has 2 radical (unpaired) electrons. The first kappa shape index (κ1) is 39.3. The zero-order chi connectivity index (χ0) is 37.2. The Labute approximate surface area is 296 Å². The van der Waals surface area contributed by atoms with Gasteiger partial charge in [-0.1, -0.05) is 38.1 Å². The molecule has 0 saturated carbocycles. The third-order valence-corrected chi connectivity index (χ3v) is 11.0. The van der Waals surface area contributed by atoms with Gasteiger partial charge in [-0.3, -0.25) is 14.4 Å². The van der Waals surface area contributed by atoms with E-state index in [9.17, 15) is 14.4 Å². The van der Waals surface area contributed by atoms with Crippen LogP contribution in [0.5, 0.6) is 0 Å². The average molecular weight is 697 g/mol. The Morgan fingerprint density at radius 1 is 1.12 bits per heavy atom. The number of hydrogen-bond acceptors (Lipinski definition) is 10. The third-order valence-electron chi connectivity index (χ3n) is 11.0. The quantitative estimate of drug-likeness (QED) is 0.134. The summed E-state index contributed by atoms with van der Waals surface area (Å²) in [5.74, 6) is -4.24. The maximum atomic E-state index is 16.2. The van der Waals surface area contributed by atoms with Crippen LogP contribution >= 0.6 is 0 Å². The molecule has 1 amide bonds. The van der Waals surface area contributed by atoms with E-state index in [1.807, 2.05) is 44.4 Å². The van der Waals surface area contributed by atoms with E-state index in [1.54, 1.807) is 30.4 Å². The normalized spacial score (nSPS) is 34.8. The van der Waals surface area contributed by atoms with Gasteiger partial charge in [-0.25, -0.2) is 14.0 Å². The van der Waals surface area contributed by atoms with Crippen LogP contribution in [0.4, 0.5) is 14.9 Å². The summed E-state index contributed by atoms with van der Waals surface area (Å²) in [6.07, 6.45) is 2.28. The molecule has 2 saturated heterocycles. The molecule has 274 valence electrons. The van der Waals surface area contributed by atoms with Crippen LogP contribution in [0.15, 0.2) is 30.5 Å². The van der Waals surface area contributed by atoms with Gasteiger partial charge in [-0.15, -0.1) is 5.10 Å². The number of carbonyl (C=O) groups excluding carboxylic acids is 3. The molecular formula is C36H54BFN6O6. The summed E-state index contributed by atoms with van der Waals surface area (Å²) in [5, 5.41) is 8.53. The fourth-order valence-corrected chi connectivity index (χ4v) is 7.83. The number of halogens is 1. The summed E-state index contributed by atoms with van der Waals surface area (Å²) in [6, 6.07) is 6.59. The van der Waals surface area contributed by atoms with E-state index >= 15 is 4.39 Å². The number of amides is 1. The Bertz CT molecular complexity index is 1530. The molecule has 3 heterocycles. The van der Waals surface area contributed by atoms with Crippen LogP contribution < -0.4 is 5.73 Å². The fourth-order valence-electron chi connectivity index (χ4n) is 7.83. The zero-order valence-electron chi connectivity index (χ0n) is 31.0. The lowest BCUT2D eigenvalue weighted by Crippen LogP contribution is -2.61. The van der Waals surface area contributed by atoms with Crippen molar-refractivity contribution in [3.8, 4) is 11.3 Å². The number of aryl methyl sites for hydroxylation is 1. The third kappa shape index (κ3) is 7.85. The summed E-state index contributed by atoms with van der Waals surface area (Å²) in [4.78, 5) is 44.6. The van der Waals surface area contributed by atoms with Crippen molar-refractivity contribution in [1.82, 2.24) is 24.8 Å². The lowest BCUT2D eigenvalue weighted by atomic mass is 9.62. The first-order chi connectivity index (χ1) is 23.4. The first-order valence-electron chi connectivity index (χ1n) is 17.6. The van der Waals surface area contributed by atoms with Crippen molar-refractivity contribution in [1.29, 1.82) is 0 Å². The number of Topliss-reactive ketones (excluding diaryl/α,β-unsaturated/α-hetero) is 1. The molecule has 0 aliphatic carbocycles. The Balaban J connectivity index is 1.60. The highest BCUT2D eigenvalue weighted by molar-refractivity contribution is 6.17. The van der Waals surface area contributed by atoms with E-state index < -0.39 is 58.6 Å². The number of cyclic esters (lactones) is 1. The predicted molar refractivity (Wildman–Crippen MR) is 189 cm³/mol.